The number of benzene rings is 3. The molecule has 3 aromatic carbocycles. The summed E-state index contributed by atoms with van der Waals surface area (Å²) in [6.45, 7) is 2.37. The van der Waals surface area contributed by atoms with Crippen LogP contribution in [0.2, 0.25) is 0 Å². The average Bonchev–Trinajstić information content (AvgIpc) is 0.847. The number of guanidine groups is 1. The molecule has 3 aromatic rings. The predicted octanol–water partition coefficient (Wildman–Crippen LogP) is -10.7. The molecule has 0 aliphatic carbocycles. The largest absolute Gasteiger partial charge is 0.508 e. The summed E-state index contributed by atoms with van der Waals surface area (Å²) in [5.74, 6) is -22.6. The van der Waals surface area contributed by atoms with Gasteiger partial charge in [0.1, 0.15) is 90.0 Å². The highest BCUT2D eigenvalue weighted by Gasteiger charge is 2.39. The number of amides is 17. The number of carboxylic acids is 1. The highest BCUT2D eigenvalue weighted by atomic mass is 16.4. The summed E-state index contributed by atoms with van der Waals surface area (Å²) in [4.78, 5) is 243. The Labute approximate surface area is 693 Å². The number of aliphatic carboxylic acids is 1. The van der Waals surface area contributed by atoms with Crippen LogP contribution in [0.25, 0.3) is 0 Å². The van der Waals surface area contributed by atoms with Crippen molar-refractivity contribution in [2.75, 3.05) is 39.5 Å². The van der Waals surface area contributed by atoms with Gasteiger partial charge in [-0.05, 0) is 91.8 Å². The predicted molar refractivity (Wildman–Crippen MR) is 426 cm³/mol. The van der Waals surface area contributed by atoms with Crippen LogP contribution in [0.15, 0.2) is 78.9 Å². The fourth-order valence-electron chi connectivity index (χ4n) is 11.4. The standard InChI is InChI=1S/C75H111N21O25/c1-36(2)24-46(64(110)84-38(5)74(120)121)87-66(112)49(27-40-13-17-42(101)18-14-40)91-70(116)52(30-59(79)105)92-67(113)50(28-41-15-19-43(102)20-16-41)90-69(115)51(29-58(78)104)85-60(106)31-83-62(108)53(32-97)94-68(114)48(26-39-10-7-6-8-11-39)89-65(111)47(25-37(3)4)88-72(118)56(35-100)95-63(109)45(21-22-57(77)103)86-71(117)55(34-99)96-73(119)54(33-98)93-61(107)44(76)12-9-23-82-75(80)81/h6-8,10-11,13-20,36-38,44-56,97-102H,9,12,21-35,76H2,1-5H3,(H2,77,103)(H2,78,104)(H2,79,105)(H,83,108)(H,84,110)(H,85,106)(H,86,117)(H,87,112)(H,88,118)(H,89,111)(H,90,115)(H,91,116)(H,92,113)(H,93,107)(H,94,114)(H,95,109)(H,96,119)(H,120,121)(H4,80,81,82)/t38-,44-,45-,46-,47-,48-,49-,50-,51-,52-,53-,54-,55-,56-/m0/s1. The Balaban J connectivity index is 1.87. The molecule has 3 rings (SSSR count). The van der Waals surface area contributed by atoms with Gasteiger partial charge >= 0.3 is 5.97 Å². The van der Waals surface area contributed by atoms with E-state index >= 15 is 0 Å². The van der Waals surface area contributed by atoms with E-state index in [1.165, 1.54) is 55.5 Å². The van der Waals surface area contributed by atoms with Crippen LogP contribution in [-0.4, -0.2) is 272 Å². The third-order valence-electron chi connectivity index (χ3n) is 17.8. The molecule has 0 heterocycles. The van der Waals surface area contributed by atoms with Gasteiger partial charge in [0.05, 0.1) is 51.9 Å². The minimum atomic E-state index is -1.99. The lowest BCUT2D eigenvalue weighted by Gasteiger charge is -2.28. The Morgan fingerprint density at radius 1 is 0.355 bits per heavy atom. The van der Waals surface area contributed by atoms with Crippen molar-refractivity contribution in [3.05, 3.63) is 95.6 Å². The summed E-state index contributed by atoms with van der Waals surface area (Å²) >= 11 is 0. The molecular weight excluding hydrogens is 1590 g/mol. The summed E-state index contributed by atoms with van der Waals surface area (Å²) in [5.41, 5.74) is 28.4. The van der Waals surface area contributed by atoms with Crippen molar-refractivity contribution in [2.45, 2.75) is 190 Å². The van der Waals surface area contributed by atoms with Crippen molar-refractivity contribution in [3.8, 4) is 11.5 Å². The van der Waals surface area contributed by atoms with Gasteiger partial charge < -0.3 is 144 Å². The quantitative estimate of drug-likeness (QED) is 0.0142. The third kappa shape index (κ3) is 37.9. The van der Waals surface area contributed by atoms with Crippen LogP contribution in [0.5, 0.6) is 11.5 Å². The molecule has 46 nitrogen and oxygen atoms in total. The molecule has 0 saturated carbocycles. The van der Waals surface area contributed by atoms with E-state index in [-0.39, 0.29) is 74.0 Å². The smallest absolute Gasteiger partial charge is 0.325 e. The van der Waals surface area contributed by atoms with Crippen LogP contribution in [-0.2, 0) is 106 Å². The fourth-order valence-corrected chi connectivity index (χ4v) is 11.4. The number of hydrogen-bond donors (Lipinski definition) is 28. The molecule has 0 aliphatic heterocycles. The van der Waals surface area contributed by atoms with Crippen LogP contribution < -0.4 is 108 Å². The van der Waals surface area contributed by atoms with Gasteiger partial charge in [0, 0.05) is 32.2 Å². The van der Waals surface area contributed by atoms with Gasteiger partial charge in [0.25, 0.3) is 0 Å². The molecule has 0 unspecified atom stereocenters. The van der Waals surface area contributed by atoms with E-state index in [1.54, 1.807) is 58.0 Å². The van der Waals surface area contributed by atoms with Crippen molar-refractivity contribution < 1.29 is 122 Å². The van der Waals surface area contributed by atoms with Crippen LogP contribution in [0.4, 0.5) is 0 Å². The number of carboxylic acid groups (broad SMARTS) is 1. The molecule has 666 valence electrons. The minimum absolute atomic E-state index is 0.0320. The molecule has 14 atom stereocenters. The topological polar surface area (TPSA) is 783 Å². The van der Waals surface area contributed by atoms with Crippen LogP contribution in [0, 0.1) is 17.2 Å². The number of nitrogens with one attached hydrogen (secondary N) is 16. The van der Waals surface area contributed by atoms with Gasteiger partial charge in [-0.2, -0.15) is 0 Å². The first kappa shape index (κ1) is 102. The van der Waals surface area contributed by atoms with E-state index in [4.69, 9.17) is 34.1 Å². The number of primary amides is 3. The van der Waals surface area contributed by atoms with Crippen LogP contribution in [0.1, 0.15) is 103 Å². The molecule has 0 aromatic heterocycles. The van der Waals surface area contributed by atoms with Gasteiger partial charge in [-0.25, -0.2) is 0 Å². The Morgan fingerprint density at radius 3 is 1.04 bits per heavy atom. The van der Waals surface area contributed by atoms with Gasteiger partial charge in [-0.3, -0.25) is 91.7 Å². The van der Waals surface area contributed by atoms with E-state index in [9.17, 15) is 122 Å². The van der Waals surface area contributed by atoms with Gasteiger partial charge in [0.15, 0.2) is 5.96 Å². The zero-order chi connectivity index (χ0) is 90.9. The number of carbonyl (C=O) groups excluding carboxylic acids is 17. The summed E-state index contributed by atoms with van der Waals surface area (Å²) < 4.78 is 0. The monoisotopic (exact) mass is 1710 g/mol. The van der Waals surface area contributed by atoms with Crippen molar-refractivity contribution >= 4 is 112 Å². The minimum Gasteiger partial charge on any atom is -0.508 e. The number of carbonyl (C=O) groups is 18. The number of phenols is 2. The first-order valence-corrected chi connectivity index (χ1v) is 38.1. The Morgan fingerprint density at radius 2 is 0.669 bits per heavy atom. The second kappa shape index (κ2) is 51.9. The first-order valence-electron chi connectivity index (χ1n) is 38.1. The highest BCUT2D eigenvalue weighted by Crippen LogP contribution is 2.17. The average molecular weight is 1710 g/mol. The summed E-state index contributed by atoms with van der Waals surface area (Å²) in [6, 6.07) is -5.85. The molecule has 0 spiro atoms. The van der Waals surface area contributed by atoms with E-state index < -0.39 is 262 Å². The summed E-state index contributed by atoms with van der Waals surface area (Å²) in [6.07, 6.45) is -4.30. The highest BCUT2D eigenvalue weighted by molar-refractivity contribution is 6.02. The summed E-state index contributed by atoms with van der Waals surface area (Å²) in [7, 11) is 0. The number of rotatable bonds is 54. The maximum Gasteiger partial charge on any atom is 0.325 e. The maximum atomic E-state index is 14.5. The van der Waals surface area contributed by atoms with Gasteiger partial charge in [0.2, 0.25) is 100 Å². The molecule has 0 radical (unpaired) electrons. The van der Waals surface area contributed by atoms with E-state index in [2.05, 4.69) is 79.8 Å². The molecule has 0 saturated heterocycles. The Bertz CT molecular complexity index is 4090. The van der Waals surface area contributed by atoms with Crippen LogP contribution >= 0.6 is 0 Å². The summed E-state index contributed by atoms with van der Waals surface area (Å²) in [5, 5.41) is 112. The molecule has 17 amide bonds. The van der Waals surface area contributed by atoms with Gasteiger partial charge in [-0.1, -0.05) is 82.3 Å². The first-order chi connectivity index (χ1) is 57.0. The van der Waals surface area contributed by atoms with E-state index in [0.29, 0.717) is 11.1 Å². The number of aliphatic hydroxyl groups is 4. The van der Waals surface area contributed by atoms with Crippen molar-refractivity contribution in [2.24, 2.45) is 40.5 Å². The van der Waals surface area contributed by atoms with Gasteiger partial charge in [-0.15, -0.1) is 0 Å². The Kier molecular flexibility index (Phi) is 43.7. The maximum absolute atomic E-state index is 14.5. The lowest BCUT2D eigenvalue weighted by molar-refractivity contribution is -0.142. The number of phenolic OH excluding ortho intramolecular Hbond substituents is 2. The normalized spacial score (nSPS) is 14.5. The molecule has 0 bridgehead atoms. The SMILES string of the molecule is CC(C)C[C@H](NC(=O)[C@H](Cc1ccc(O)cc1)NC(=O)[C@H](CC(N)=O)NC(=O)[C@H](Cc1ccc(O)cc1)NC(=O)[C@H](CC(N)=O)NC(=O)CNC(=O)[C@H](CO)NC(=O)[C@H](Cc1ccccc1)NC(=O)[C@H](CC(C)C)NC(=O)[C@H](CO)NC(=O)[C@H](CCC(N)=O)NC(=O)[C@H](CO)NC(=O)[C@H](CO)NC(=O)[C@@H](N)CCCNC(=N)N)C(=O)N[C@@H](C)C(=O)O. The molecule has 33 N–H and O–H groups in total. The lowest BCUT2D eigenvalue weighted by Crippen LogP contribution is -2.61. The number of nitrogens with two attached hydrogens (primary N) is 5. The van der Waals surface area contributed by atoms with Crippen LogP contribution in [0.3, 0.4) is 0 Å². The molecule has 121 heavy (non-hydrogen) atoms. The zero-order valence-electron chi connectivity index (χ0n) is 67.1. The Hall–Kier alpha value is -13.2. The molecule has 0 fully saturated rings. The lowest BCUT2D eigenvalue weighted by atomic mass is 10.00. The number of aromatic hydroxyl groups is 2. The molecule has 46 heteroatoms. The van der Waals surface area contributed by atoms with Crippen molar-refractivity contribution in [1.82, 2.24) is 79.8 Å². The number of hydrogen-bond acceptors (Lipinski definition) is 26. The zero-order valence-corrected chi connectivity index (χ0v) is 67.1. The second-order valence-corrected chi connectivity index (χ2v) is 28.9. The number of aliphatic hydroxyl groups excluding tert-OH is 4. The second-order valence-electron chi connectivity index (χ2n) is 28.9. The molecule has 0 aliphatic rings. The molecular formula is C75H111N21O25. The van der Waals surface area contributed by atoms with E-state index in [1.807, 2.05) is 0 Å². The van der Waals surface area contributed by atoms with Crippen molar-refractivity contribution in [3.63, 3.8) is 0 Å². The van der Waals surface area contributed by atoms with E-state index in [0.717, 1.165) is 0 Å². The van der Waals surface area contributed by atoms with Crippen molar-refractivity contribution in [1.29, 1.82) is 5.41 Å². The fraction of sp³-hybridized carbons (Fsp3) is 0.507. The third-order valence-corrected chi connectivity index (χ3v) is 17.8.